The van der Waals surface area contributed by atoms with Gasteiger partial charge in [-0.2, -0.15) is 0 Å². The number of piperazine rings is 1. The molecule has 2 aliphatic rings. The molecule has 17 aromatic rings. The van der Waals surface area contributed by atoms with Crippen LogP contribution in [-0.4, -0.2) is 192 Å². The van der Waals surface area contributed by atoms with Crippen LogP contribution >= 0.6 is 46.6 Å². The SMILES string of the molecule is COc1ccc(CCc2nnc(-c3ccncc3)o2)cc1.COc1ccc(CNc2nnc(-c3ccncc3)o2)cc1.COc1ccc(COc2nnc(-c3ccncc3)o2)cc1.COc1ccc(CSc2nnc(-c3cnc(N)s3)o2)cc1.COc1ccc(CSc2nnc(N3CCNCC3)o2)cc1.c1cc(-c2nnc(SCc3ccc(OCCN4CCOCC4)cc3)o2)ccn1. The van der Waals surface area contributed by atoms with Crippen LogP contribution in [0.15, 0.2) is 292 Å². The maximum atomic E-state index is 5.84. The summed E-state index contributed by atoms with van der Waals surface area (Å²) in [5, 5.41) is 56.9. The predicted octanol–water partition coefficient (Wildman–Crippen LogP) is 16.4. The predicted molar refractivity (Wildman–Crippen MR) is 501 cm³/mol. The highest BCUT2D eigenvalue weighted by molar-refractivity contribution is 7.98. The number of ether oxygens (including phenoxy) is 8. The third kappa shape index (κ3) is 30.5. The minimum atomic E-state index is 0.137. The number of nitrogens with zero attached hydrogens (tertiary/aromatic N) is 19. The van der Waals surface area contributed by atoms with Gasteiger partial charge in [-0.05, 0) is 161 Å². The van der Waals surface area contributed by atoms with E-state index in [-0.39, 0.29) is 6.08 Å². The molecule has 40 heteroatoms. The van der Waals surface area contributed by atoms with E-state index in [1.54, 1.807) is 115 Å². The van der Waals surface area contributed by atoms with Gasteiger partial charge in [-0.3, -0.25) is 24.8 Å². The zero-order chi connectivity index (χ0) is 91.7. The number of hydrogen-bond acceptors (Lipinski definition) is 40. The lowest BCUT2D eigenvalue weighted by Gasteiger charge is -2.26. The Morgan fingerprint density at radius 1 is 0.391 bits per heavy atom. The van der Waals surface area contributed by atoms with E-state index in [1.165, 1.54) is 51.6 Å². The van der Waals surface area contributed by atoms with Crippen LogP contribution in [0, 0.1) is 0 Å². The van der Waals surface area contributed by atoms with Gasteiger partial charge in [0, 0.05) is 148 Å². The number of anilines is 3. The summed E-state index contributed by atoms with van der Waals surface area (Å²) in [4.78, 5) is 25.1. The average Bonchev–Trinajstić information content (AvgIpc) is 1.70. The van der Waals surface area contributed by atoms with E-state index < -0.39 is 0 Å². The van der Waals surface area contributed by atoms with Gasteiger partial charge in [-0.1, -0.05) is 140 Å². The summed E-state index contributed by atoms with van der Waals surface area (Å²) in [7, 11) is 8.25. The molecule has 133 heavy (non-hydrogen) atoms. The van der Waals surface area contributed by atoms with Crippen molar-refractivity contribution in [2.24, 2.45) is 0 Å². The Morgan fingerprint density at radius 3 is 1.30 bits per heavy atom. The molecule has 0 spiro atoms. The fourth-order valence-corrected chi connectivity index (χ4v) is 14.9. The fraction of sp³-hybridized carbons (Fsp3) is 0.237. The minimum Gasteiger partial charge on any atom is -0.497 e. The number of pyridine rings is 4. The summed E-state index contributed by atoms with van der Waals surface area (Å²) in [5.74, 6) is 10.4. The molecule has 6 aromatic carbocycles. The van der Waals surface area contributed by atoms with Gasteiger partial charge in [0.05, 0.1) is 55.0 Å². The van der Waals surface area contributed by atoms with Crippen molar-refractivity contribution in [1.82, 2.24) is 96.3 Å². The van der Waals surface area contributed by atoms with Crippen molar-refractivity contribution in [3.8, 4) is 97.2 Å². The molecule has 0 unspecified atom stereocenters. The maximum Gasteiger partial charge on any atom is 0.415 e. The lowest BCUT2D eigenvalue weighted by molar-refractivity contribution is 0.0322. The van der Waals surface area contributed by atoms with Crippen LogP contribution in [0.4, 0.5) is 17.2 Å². The second-order valence-electron chi connectivity index (χ2n) is 28.3. The second-order valence-corrected chi connectivity index (χ2v) is 32.2. The number of aromatic nitrogens is 17. The highest BCUT2D eigenvalue weighted by Crippen LogP contribution is 2.33. The first-order valence-electron chi connectivity index (χ1n) is 41.7. The lowest BCUT2D eigenvalue weighted by atomic mass is 10.1. The Morgan fingerprint density at radius 2 is 0.805 bits per heavy atom. The Kier molecular flexibility index (Phi) is 36.3. The van der Waals surface area contributed by atoms with Crippen LogP contribution in [0.1, 0.15) is 39.3 Å². The maximum absolute atomic E-state index is 5.84. The second kappa shape index (κ2) is 51.1. The Hall–Kier alpha value is -14.7. The van der Waals surface area contributed by atoms with Gasteiger partial charge in [0.25, 0.3) is 27.4 Å². The molecule has 36 nitrogen and oxygen atoms in total. The first kappa shape index (κ1) is 94.4. The molecule has 0 saturated carbocycles. The molecule has 0 aliphatic carbocycles. The molecule has 0 radical (unpaired) electrons. The molecule has 11 aromatic heterocycles. The van der Waals surface area contributed by atoms with Crippen LogP contribution in [0.25, 0.3) is 56.6 Å². The lowest BCUT2D eigenvalue weighted by Crippen LogP contribution is -2.43. The van der Waals surface area contributed by atoms with Gasteiger partial charge in [0.15, 0.2) is 5.13 Å². The zero-order valence-electron chi connectivity index (χ0n) is 73.1. The molecule has 0 atom stereocenters. The molecular weight excluding hydrogens is 1780 g/mol. The van der Waals surface area contributed by atoms with Crippen molar-refractivity contribution in [3.63, 3.8) is 0 Å². The number of morpholine rings is 1. The van der Waals surface area contributed by atoms with Crippen molar-refractivity contribution in [2.75, 3.05) is 117 Å². The molecule has 2 saturated heterocycles. The number of thiazole rings is 1. The van der Waals surface area contributed by atoms with Gasteiger partial charge < -0.3 is 85.7 Å². The molecule has 2 fully saturated rings. The van der Waals surface area contributed by atoms with Crippen LogP contribution in [0.3, 0.4) is 0 Å². The van der Waals surface area contributed by atoms with Gasteiger partial charge in [-0.25, -0.2) is 4.98 Å². The van der Waals surface area contributed by atoms with Crippen molar-refractivity contribution < 1.29 is 64.4 Å². The Labute approximate surface area is 782 Å². The monoisotopic (exact) mass is 1870 g/mol. The number of rotatable bonds is 33. The van der Waals surface area contributed by atoms with E-state index in [2.05, 4.69) is 119 Å². The molecule has 4 N–H and O–H groups in total. The third-order valence-corrected chi connectivity index (χ3v) is 22.8. The Balaban J connectivity index is 0.000000129. The van der Waals surface area contributed by atoms with Gasteiger partial charge in [0.1, 0.15) is 52.6 Å². The number of nitrogen functional groups attached to an aromatic ring is 1. The molecule has 0 amide bonds. The number of nitrogens with one attached hydrogen (secondary N) is 2. The number of thioether (sulfide) groups is 3. The third-order valence-electron chi connectivity index (χ3n) is 19.4. The first-order chi connectivity index (χ1) is 65.5. The Bertz CT molecular complexity index is 5870. The van der Waals surface area contributed by atoms with Crippen molar-refractivity contribution in [3.05, 3.63) is 289 Å². The highest BCUT2D eigenvalue weighted by Gasteiger charge is 2.20. The largest absolute Gasteiger partial charge is 0.497 e. The number of hydrogen-bond donors (Lipinski definition) is 3. The van der Waals surface area contributed by atoms with E-state index in [0.29, 0.717) is 94.4 Å². The first-order valence-corrected chi connectivity index (χ1v) is 45.5. The van der Waals surface area contributed by atoms with E-state index in [9.17, 15) is 0 Å². The zero-order valence-corrected chi connectivity index (χ0v) is 76.4. The number of benzene rings is 6. The number of methoxy groups -OCH3 is 5. The van der Waals surface area contributed by atoms with Crippen LogP contribution in [0.5, 0.6) is 40.6 Å². The summed E-state index contributed by atoms with van der Waals surface area (Å²) in [6.07, 6.45) is 16.8. The van der Waals surface area contributed by atoms with E-state index in [0.717, 1.165) is 161 Å². The van der Waals surface area contributed by atoms with Crippen LogP contribution < -0.4 is 54.4 Å². The van der Waals surface area contributed by atoms with E-state index in [1.807, 2.05) is 170 Å². The summed E-state index contributed by atoms with van der Waals surface area (Å²) in [6.45, 7) is 9.89. The number of nitrogens with two attached hydrogens (primary N) is 1. The summed E-state index contributed by atoms with van der Waals surface area (Å²) >= 11 is 5.87. The van der Waals surface area contributed by atoms with Crippen molar-refractivity contribution in [1.29, 1.82) is 0 Å². The summed E-state index contributed by atoms with van der Waals surface area (Å²) < 4.78 is 75.9. The average molecular weight is 1870 g/mol. The molecule has 13 heterocycles. The molecule has 2 aliphatic heterocycles. The highest BCUT2D eigenvalue weighted by atomic mass is 32.2. The summed E-state index contributed by atoms with van der Waals surface area (Å²) in [6, 6.07) is 62.9. The molecular formula is C93H94N22O14S4. The summed E-state index contributed by atoms with van der Waals surface area (Å²) in [5.41, 5.74) is 15.8. The van der Waals surface area contributed by atoms with E-state index in [4.69, 9.17) is 70.1 Å². The number of aryl methyl sites for hydroxylation is 2. The van der Waals surface area contributed by atoms with Crippen LogP contribution in [-0.2, 0) is 48.0 Å². The van der Waals surface area contributed by atoms with Crippen molar-refractivity contribution >= 4 is 63.8 Å². The van der Waals surface area contributed by atoms with Gasteiger partial charge in [0.2, 0.25) is 23.6 Å². The van der Waals surface area contributed by atoms with Crippen LogP contribution in [0.2, 0.25) is 0 Å². The normalized spacial score (nSPS) is 12.1. The molecule has 19 rings (SSSR count). The van der Waals surface area contributed by atoms with Gasteiger partial charge in [-0.15, -0.1) is 40.8 Å². The minimum absolute atomic E-state index is 0.137. The fourth-order valence-electron chi connectivity index (χ4n) is 12.1. The van der Waals surface area contributed by atoms with Crippen molar-refractivity contribution in [2.45, 2.75) is 58.9 Å². The quantitative estimate of drug-likeness (QED) is 0.0322. The topological polar surface area (TPSA) is 428 Å². The smallest absolute Gasteiger partial charge is 0.415 e. The van der Waals surface area contributed by atoms with Gasteiger partial charge >= 0.3 is 18.1 Å². The standard InChI is InChI=1S/C20H22N4O3S.C16H15N3O2.C15H14N4O2.C15H13N3O3.C14H18N4O2S.C13H12N4O2S2/c1-3-18(26-14-11-24-9-12-25-13-10-24)4-2-16(1)15-28-20-23-22-19(27-20)17-5-7-21-8-6-17;1-20-14-5-2-12(3-6-14)4-7-15-18-19-16(21-15)13-8-10-17-11-9-13;1-20-13-4-2-11(3-5-13)10-17-15-19-18-14(21-15)12-6-8-16-9-7-12;1-19-13-4-2-11(3-5-13)10-20-15-18-17-14(21-15)12-6-8-16-9-7-12;1-19-12-4-2-11(3-5-12)10-21-14-17-16-13(20-14)18-8-6-15-7-9-18;1-18-9-4-2-8(3-5-9)7-20-13-17-16-11(19-13)10-6-15-12(14)21-10/h1-8H,9-15H2;2-3,5-6,8-11H,4,7H2,1H3;2-9H,10H2,1H3,(H,17,19);2-9H,10H2,1H3;2-5,15H,6-10H2,1H3;2-6H,7H2,1H3,(H2,14,15). The molecule has 0 bridgehead atoms. The van der Waals surface area contributed by atoms with E-state index >= 15 is 0 Å². The molecule has 684 valence electrons.